The Morgan fingerprint density at radius 1 is 1.26 bits per heavy atom. The average Bonchev–Trinajstić information content (AvgIpc) is 2.40. The molecule has 2 aromatic rings. The van der Waals surface area contributed by atoms with E-state index in [1.165, 1.54) is 23.9 Å². The van der Waals surface area contributed by atoms with Crippen LogP contribution in [0, 0.1) is 10.1 Å². The minimum atomic E-state index is -0.413. The zero-order chi connectivity index (χ0) is 13.8. The number of rotatable bonds is 4. The van der Waals surface area contributed by atoms with Crippen LogP contribution in [-0.4, -0.2) is 9.91 Å². The van der Waals surface area contributed by atoms with E-state index in [0.717, 1.165) is 15.5 Å². The quantitative estimate of drug-likeness (QED) is 0.684. The van der Waals surface area contributed by atoms with Gasteiger partial charge in [-0.25, -0.2) is 4.98 Å². The van der Waals surface area contributed by atoms with Crippen molar-refractivity contribution in [1.29, 1.82) is 0 Å². The van der Waals surface area contributed by atoms with Gasteiger partial charge in [-0.2, -0.15) is 0 Å². The van der Waals surface area contributed by atoms with Crippen LogP contribution in [0.1, 0.15) is 18.5 Å². The molecule has 0 amide bonds. The van der Waals surface area contributed by atoms with Crippen LogP contribution in [-0.2, 0) is 0 Å². The first-order valence-electron chi connectivity index (χ1n) is 5.70. The summed E-state index contributed by atoms with van der Waals surface area (Å²) in [6, 6.07) is 10.2. The van der Waals surface area contributed by atoms with Gasteiger partial charge in [0.05, 0.1) is 4.92 Å². The van der Waals surface area contributed by atoms with Crippen LogP contribution in [0.4, 0.5) is 5.69 Å². The van der Waals surface area contributed by atoms with Crippen molar-refractivity contribution in [3.05, 3.63) is 58.3 Å². The molecule has 0 aliphatic rings. The fraction of sp³-hybridized carbons (Fsp3) is 0.154. The number of nitro benzene ring substituents is 1. The van der Waals surface area contributed by atoms with E-state index in [-0.39, 0.29) is 11.7 Å². The Hall–Kier alpha value is -1.92. The maximum absolute atomic E-state index is 10.5. The van der Waals surface area contributed by atoms with Gasteiger partial charge < -0.3 is 5.73 Å². The minimum Gasteiger partial charge on any atom is -0.324 e. The topological polar surface area (TPSA) is 82.0 Å². The van der Waals surface area contributed by atoms with E-state index in [0.29, 0.717) is 0 Å². The van der Waals surface area contributed by atoms with Crippen molar-refractivity contribution in [2.75, 3.05) is 0 Å². The van der Waals surface area contributed by atoms with Crippen LogP contribution >= 0.6 is 11.8 Å². The van der Waals surface area contributed by atoms with Gasteiger partial charge in [-0.15, -0.1) is 0 Å². The lowest BCUT2D eigenvalue weighted by Gasteiger charge is -2.05. The molecule has 0 bridgehead atoms. The Kier molecular flexibility index (Phi) is 4.13. The molecule has 0 saturated heterocycles. The molecule has 0 unspecified atom stereocenters. The second-order valence-corrected chi connectivity index (χ2v) is 5.17. The lowest BCUT2D eigenvalue weighted by Crippen LogP contribution is -2.04. The van der Waals surface area contributed by atoms with E-state index in [1.54, 1.807) is 18.3 Å². The van der Waals surface area contributed by atoms with E-state index in [2.05, 4.69) is 4.98 Å². The summed E-state index contributed by atoms with van der Waals surface area (Å²) >= 11 is 1.45. The third kappa shape index (κ3) is 3.52. The monoisotopic (exact) mass is 275 g/mol. The SMILES string of the molecule is C[C@H](N)c1ccc(Sc2ccc([N+](=O)[O-])cc2)nc1. The van der Waals surface area contributed by atoms with Gasteiger partial charge in [-0.1, -0.05) is 17.8 Å². The molecule has 1 heterocycles. The van der Waals surface area contributed by atoms with Crippen LogP contribution in [0.25, 0.3) is 0 Å². The molecule has 0 spiro atoms. The molecule has 0 saturated carbocycles. The average molecular weight is 275 g/mol. The Bertz CT molecular complexity index is 567. The molecule has 5 nitrogen and oxygen atoms in total. The Labute approximate surface area is 115 Å². The zero-order valence-corrected chi connectivity index (χ0v) is 11.1. The highest BCUT2D eigenvalue weighted by atomic mass is 32.2. The Balaban J connectivity index is 2.10. The highest BCUT2D eigenvalue weighted by Gasteiger charge is 2.06. The van der Waals surface area contributed by atoms with Crippen LogP contribution in [0.3, 0.4) is 0 Å². The van der Waals surface area contributed by atoms with Crippen molar-refractivity contribution < 1.29 is 4.92 Å². The van der Waals surface area contributed by atoms with Gasteiger partial charge in [0.15, 0.2) is 0 Å². The third-order valence-corrected chi connectivity index (χ3v) is 3.51. The number of nitrogens with zero attached hydrogens (tertiary/aromatic N) is 2. The molecule has 98 valence electrons. The van der Waals surface area contributed by atoms with Crippen molar-refractivity contribution in [2.45, 2.75) is 22.9 Å². The molecule has 0 aliphatic heterocycles. The van der Waals surface area contributed by atoms with Crippen molar-refractivity contribution >= 4 is 17.4 Å². The first-order chi connectivity index (χ1) is 9.06. The third-order valence-electron chi connectivity index (χ3n) is 2.55. The van der Waals surface area contributed by atoms with E-state index in [1.807, 2.05) is 19.1 Å². The van der Waals surface area contributed by atoms with Gasteiger partial charge in [0.1, 0.15) is 5.03 Å². The number of nitrogens with two attached hydrogens (primary N) is 1. The minimum absolute atomic E-state index is 0.0362. The Morgan fingerprint density at radius 2 is 1.95 bits per heavy atom. The van der Waals surface area contributed by atoms with Gasteiger partial charge >= 0.3 is 0 Å². The molecule has 19 heavy (non-hydrogen) atoms. The molecule has 6 heteroatoms. The number of benzene rings is 1. The van der Waals surface area contributed by atoms with Crippen molar-refractivity contribution in [3.8, 4) is 0 Å². The molecule has 2 N–H and O–H groups in total. The number of hydrogen-bond donors (Lipinski definition) is 1. The highest BCUT2D eigenvalue weighted by molar-refractivity contribution is 7.99. The summed E-state index contributed by atoms with van der Waals surface area (Å²) in [5, 5.41) is 11.4. The molecule has 1 aromatic heterocycles. The van der Waals surface area contributed by atoms with Gasteiger partial charge in [0.25, 0.3) is 5.69 Å². The number of hydrogen-bond acceptors (Lipinski definition) is 5. The van der Waals surface area contributed by atoms with Crippen LogP contribution in [0.2, 0.25) is 0 Å². The highest BCUT2D eigenvalue weighted by Crippen LogP contribution is 2.27. The second-order valence-electron chi connectivity index (χ2n) is 4.07. The largest absolute Gasteiger partial charge is 0.324 e. The van der Waals surface area contributed by atoms with Crippen LogP contribution in [0.5, 0.6) is 0 Å². The smallest absolute Gasteiger partial charge is 0.269 e. The van der Waals surface area contributed by atoms with Crippen molar-refractivity contribution in [3.63, 3.8) is 0 Å². The summed E-state index contributed by atoms with van der Waals surface area (Å²) in [5.41, 5.74) is 6.82. The van der Waals surface area contributed by atoms with E-state index in [9.17, 15) is 10.1 Å². The fourth-order valence-electron chi connectivity index (χ4n) is 1.48. The van der Waals surface area contributed by atoms with E-state index >= 15 is 0 Å². The molecule has 1 atom stereocenters. The molecule has 0 fully saturated rings. The second kappa shape index (κ2) is 5.81. The zero-order valence-electron chi connectivity index (χ0n) is 10.3. The maximum atomic E-state index is 10.5. The summed E-state index contributed by atoms with van der Waals surface area (Å²) in [5.74, 6) is 0. The molecule has 1 aromatic carbocycles. The molecule has 0 aliphatic carbocycles. The van der Waals surface area contributed by atoms with Crippen LogP contribution < -0.4 is 5.73 Å². The van der Waals surface area contributed by atoms with E-state index in [4.69, 9.17) is 5.73 Å². The van der Waals surface area contributed by atoms with Gasteiger partial charge in [0, 0.05) is 29.3 Å². The summed E-state index contributed by atoms with van der Waals surface area (Å²) in [6.07, 6.45) is 1.75. The summed E-state index contributed by atoms with van der Waals surface area (Å²) in [4.78, 5) is 15.3. The molecular formula is C13H13N3O2S. The van der Waals surface area contributed by atoms with Gasteiger partial charge in [-0.3, -0.25) is 10.1 Å². The first-order valence-corrected chi connectivity index (χ1v) is 6.52. The van der Waals surface area contributed by atoms with Crippen molar-refractivity contribution in [1.82, 2.24) is 4.98 Å². The predicted molar refractivity (Wildman–Crippen MR) is 74.1 cm³/mol. The van der Waals surface area contributed by atoms with Gasteiger partial charge in [0.2, 0.25) is 0 Å². The van der Waals surface area contributed by atoms with Gasteiger partial charge in [-0.05, 0) is 30.7 Å². The maximum Gasteiger partial charge on any atom is 0.269 e. The molecule has 2 rings (SSSR count). The standard InChI is InChI=1S/C13H13N3O2S/c1-9(14)10-2-7-13(15-8-10)19-12-5-3-11(4-6-12)16(17)18/h2-9H,14H2,1H3/t9-/m0/s1. The van der Waals surface area contributed by atoms with E-state index < -0.39 is 4.92 Å². The number of non-ortho nitro benzene ring substituents is 1. The number of nitro groups is 1. The summed E-state index contributed by atoms with van der Waals surface area (Å²) in [6.45, 7) is 1.90. The molecular weight excluding hydrogens is 262 g/mol. The fourth-order valence-corrected chi connectivity index (χ4v) is 2.23. The number of pyridine rings is 1. The lowest BCUT2D eigenvalue weighted by molar-refractivity contribution is -0.384. The molecule has 0 radical (unpaired) electrons. The Morgan fingerprint density at radius 3 is 2.42 bits per heavy atom. The van der Waals surface area contributed by atoms with Crippen molar-refractivity contribution in [2.24, 2.45) is 5.73 Å². The normalized spacial score (nSPS) is 12.1. The number of aromatic nitrogens is 1. The van der Waals surface area contributed by atoms with Crippen LogP contribution in [0.15, 0.2) is 52.5 Å². The lowest BCUT2D eigenvalue weighted by atomic mass is 10.2. The predicted octanol–water partition coefficient (Wildman–Crippen LogP) is 3.16. The first kappa shape index (κ1) is 13.5. The summed E-state index contributed by atoms with van der Waals surface area (Å²) in [7, 11) is 0. The summed E-state index contributed by atoms with van der Waals surface area (Å²) < 4.78 is 0.